The summed E-state index contributed by atoms with van der Waals surface area (Å²) in [5.41, 5.74) is 2.05. The van der Waals surface area contributed by atoms with Gasteiger partial charge in [-0.15, -0.1) is 0 Å². The highest BCUT2D eigenvalue weighted by atomic mass is 16.1. The molecule has 3 aromatic rings. The Hall–Kier alpha value is -2.55. The number of hydrogen-bond acceptors (Lipinski definition) is 3. The molecule has 0 saturated carbocycles. The number of carbonyl (C=O) groups excluding carboxylic acids is 1. The van der Waals surface area contributed by atoms with Crippen molar-refractivity contribution in [1.82, 2.24) is 9.97 Å². The van der Waals surface area contributed by atoms with Gasteiger partial charge in [-0.05, 0) is 24.3 Å². The van der Waals surface area contributed by atoms with Crippen molar-refractivity contribution in [2.45, 2.75) is 0 Å². The average molecular weight is 234 g/mol. The van der Waals surface area contributed by atoms with Crippen LogP contribution in [0.2, 0.25) is 0 Å². The van der Waals surface area contributed by atoms with Crippen molar-refractivity contribution >= 4 is 16.7 Å². The van der Waals surface area contributed by atoms with Crippen LogP contribution in [0.1, 0.15) is 15.9 Å². The van der Waals surface area contributed by atoms with Gasteiger partial charge in [-0.25, -0.2) is 0 Å². The zero-order valence-electron chi connectivity index (χ0n) is 9.58. The van der Waals surface area contributed by atoms with Crippen LogP contribution in [-0.2, 0) is 0 Å². The highest BCUT2D eigenvalue weighted by molar-refractivity contribution is 6.09. The zero-order chi connectivity index (χ0) is 12.4. The topological polar surface area (TPSA) is 42.9 Å². The van der Waals surface area contributed by atoms with Crippen LogP contribution in [0.3, 0.4) is 0 Å². The van der Waals surface area contributed by atoms with Gasteiger partial charge in [0, 0.05) is 35.1 Å². The Morgan fingerprint density at radius 3 is 2.67 bits per heavy atom. The molecule has 3 nitrogen and oxygen atoms in total. The van der Waals surface area contributed by atoms with Crippen molar-refractivity contribution in [3.63, 3.8) is 0 Å². The van der Waals surface area contributed by atoms with Gasteiger partial charge >= 0.3 is 0 Å². The van der Waals surface area contributed by atoms with Gasteiger partial charge in [0.2, 0.25) is 0 Å². The number of rotatable bonds is 2. The fourth-order valence-corrected chi connectivity index (χ4v) is 1.86. The summed E-state index contributed by atoms with van der Waals surface area (Å²) in [6.07, 6.45) is 4.82. The van der Waals surface area contributed by atoms with E-state index < -0.39 is 0 Å². The minimum atomic E-state index is -0.0543. The number of para-hydroxylation sites is 1. The van der Waals surface area contributed by atoms with E-state index in [1.165, 1.54) is 0 Å². The van der Waals surface area contributed by atoms with Crippen LogP contribution >= 0.6 is 0 Å². The summed E-state index contributed by atoms with van der Waals surface area (Å²) in [4.78, 5) is 20.4. The minimum Gasteiger partial charge on any atom is -0.288 e. The van der Waals surface area contributed by atoms with E-state index in [2.05, 4.69) is 9.97 Å². The van der Waals surface area contributed by atoms with Crippen molar-refractivity contribution in [2.75, 3.05) is 0 Å². The second-order valence-electron chi connectivity index (χ2n) is 3.99. The molecule has 2 aromatic heterocycles. The quantitative estimate of drug-likeness (QED) is 0.640. The van der Waals surface area contributed by atoms with E-state index in [4.69, 9.17) is 0 Å². The van der Waals surface area contributed by atoms with Crippen LogP contribution in [0.5, 0.6) is 0 Å². The maximum atomic E-state index is 12.2. The van der Waals surface area contributed by atoms with Gasteiger partial charge in [0.1, 0.15) is 0 Å². The molecule has 0 bridgehead atoms. The van der Waals surface area contributed by atoms with Crippen LogP contribution in [0, 0.1) is 0 Å². The fourth-order valence-electron chi connectivity index (χ4n) is 1.86. The maximum absolute atomic E-state index is 12.2. The molecule has 86 valence electrons. The third kappa shape index (κ3) is 1.86. The lowest BCUT2D eigenvalue weighted by Crippen LogP contribution is -2.02. The molecular weight excluding hydrogens is 224 g/mol. The van der Waals surface area contributed by atoms with Gasteiger partial charge in [0.15, 0.2) is 5.78 Å². The monoisotopic (exact) mass is 234 g/mol. The number of fused-ring (bicyclic) bond motifs is 1. The smallest absolute Gasteiger partial charge is 0.196 e. The van der Waals surface area contributed by atoms with Gasteiger partial charge in [-0.3, -0.25) is 14.8 Å². The number of aromatic nitrogens is 2. The molecule has 3 rings (SSSR count). The number of ketones is 1. The molecule has 0 fully saturated rings. The van der Waals surface area contributed by atoms with Crippen LogP contribution < -0.4 is 0 Å². The van der Waals surface area contributed by atoms with E-state index in [0.29, 0.717) is 11.1 Å². The van der Waals surface area contributed by atoms with E-state index in [9.17, 15) is 4.79 Å². The number of hydrogen-bond donors (Lipinski definition) is 0. The predicted octanol–water partition coefficient (Wildman–Crippen LogP) is 2.86. The van der Waals surface area contributed by atoms with E-state index in [1.54, 1.807) is 30.7 Å². The maximum Gasteiger partial charge on any atom is 0.196 e. The standard InChI is InChI=1S/C15H10N2O/c18-15(12-5-3-7-16-9-12)13-8-11-4-1-2-6-14(11)17-10-13/h1-10H. The van der Waals surface area contributed by atoms with Crippen molar-refractivity contribution in [1.29, 1.82) is 0 Å². The summed E-state index contributed by atoms with van der Waals surface area (Å²) >= 11 is 0. The molecule has 0 radical (unpaired) electrons. The Kier molecular flexibility index (Phi) is 2.57. The lowest BCUT2D eigenvalue weighted by Gasteiger charge is -2.02. The van der Waals surface area contributed by atoms with Crippen LogP contribution in [0.25, 0.3) is 10.9 Å². The lowest BCUT2D eigenvalue weighted by molar-refractivity contribution is 0.103. The summed E-state index contributed by atoms with van der Waals surface area (Å²) in [6, 6.07) is 13.1. The summed E-state index contributed by atoms with van der Waals surface area (Å²) < 4.78 is 0. The Morgan fingerprint density at radius 1 is 0.944 bits per heavy atom. The van der Waals surface area contributed by atoms with Crippen molar-refractivity contribution in [3.05, 3.63) is 72.2 Å². The van der Waals surface area contributed by atoms with Crippen molar-refractivity contribution < 1.29 is 4.79 Å². The first-order valence-electron chi connectivity index (χ1n) is 5.64. The van der Waals surface area contributed by atoms with E-state index in [1.807, 2.05) is 30.3 Å². The molecule has 2 heterocycles. The largest absolute Gasteiger partial charge is 0.288 e. The molecule has 3 heteroatoms. The van der Waals surface area contributed by atoms with Crippen molar-refractivity contribution in [2.24, 2.45) is 0 Å². The molecule has 0 amide bonds. The van der Waals surface area contributed by atoms with Gasteiger partial charge in [0.25, 0.3) is 0 Å². The van der Waals surface area contributed by atoms with Gasteiger partial charge in [0.05, 0.1) is 5.52 Å². The molecule has 0 N–H and O–H groups in total. The second kappa shape index (κ2) is 4.37. The molecule has 18 heavy (non-hydrogen) atoms. The van der Waals surface area contributed by atoms with E-state index >= 15 is 0 Å². The summed E-state index contributed by atoms with van der Waals surface area (Å²) in [7, 11) is 0. The first kappa shape index (κ1) is 10.6. The third-order valence-electron chi connectivity index (χ3n) is 2.78. The van der Waals surface area contributed by atoms with Gasteiger partial charge in [-0.2, -0.15) is 0 Å². The Morgan fingerprint density at radius 2 is 1.83 bits per heavy atom. The zero-order valence-corrected chi connectivity index (χ0v) is 9.58. The first-order chi connectivity index (χ1) is 8.84. The van der Waals surface area contributed by atoms with Crippen LogP contribution in [-0.4, -0.2) is 15.8 Å². The molecule has 0 unspecified atom stereocenters. The normalized spacial score (nSPS) is 10.4. The van der Waals surface area contributed by atoms with E-state index in [-0.39, 0.29) is 5.78 Å². The number of benzene rings is 1. The summed E-state index contributed by atoms with van der Waals surface area (Å²) in [5, 5.41) is 0.965. The molecule has 0 aliphatic rings. The second-order valence-corrected chi connectivity index (χ2v) is 3.99. The minimum absolute atomic E-state index is 0.0543. The summed E-state index contributed by atoms with van der Waals surface area (Å²) in [6.45, 7) is 0. The highest BCUT2D eigenvalue weighted by Crippen LogP contribution is 2.15. The average Bonchev–Trinajstić information content (AvgIpc) is 2.47. The molecule has 0 spiro atoms. The lowest BCUT2D eigenvalue weighted by atomic mass is 10.1. The third-order valence-corrected chi connectivity index (χ3v) is 2.78. The molecule has 0 aliphatic heterocycles. The highest BCUT2D eigenvalue weighted by Gasteiger charge is 2.09. The Labute approximate surface area is 104 Å². The van der Waals surface area contributed by atoms with Crippen molar-refractivity contribution in [3.8, 4) is 0 Å². The van der Waals surface area contributed by atoms with Crippen LogP contribution in [0.15, 0.2) is 61.1 Å². The predicted molar refractivity (Wildman–Crippen MR) is 69.4 cm³/mol. The fraction of sp³-hybridized carbons (Fsp3) is 0. The van der Waals surface area contributed by atoms with Gasteiger partial charge < -0.3 is 0 Å². The summed E-state index contributed by atoms with van der Waals surface area (Å²) in [5.74, 6) is -0.0543. The number of pyridine rings is 2. The number of carbonyl (C=O) groups is 1. The molecule has 0 saturated heterocycles. The SMILES string of the molecule is O=C(c1cccnc1)c1cnc2ccccc2c1. The first-order valence-corrected chi connectivity index (χ1v) is 5.64. The number of nitrogens with zero attached hydrogens (tertiary/aromatic N) is 2. The van der Waals surface area contributed by atoms with Gasteiger partial charge in [-0.1, -0.05) is 18.2 Å². The van der Waals surface area contributed by atoms with Crippen LogP contribution in [0.4, 0.5) is 0 Å². The molecular formula is C15H10N2O. The Balaban J connectivity index is 2.07. The Bertz CT molecular complexity index is 708. The molecule has 0 atom stereocenters. The van der Waals surface area contributed by atoms with E-state index in [0.717, 1.165) is 10.9 Å². The molecule has 1 aromatic carbocycles. The molecule has 0 aliphatic carbocycles.